The molecular formula is C18H25N3O3. The van der Waals surface area contributed by atoms with E-state index in [1.165, 1.54) is 0 Å². The van der Waals surface area contributed by atoms with Gasteiger partial charge >= 0.3 is 0 Å². The maximum atomic E-state index is 12.9. The van der Waals surface area contributed by atoms with Crippen molar-refractivity contribution in [2.45, 2.75) is 25.4 Å². The molecule has 24 heavy (non-hydrogen) atoms. The number of aliphatic hydroxyl groups is 1. The van der Waals surface area contributed by atoms with Gasteiger partial charge in [0, 0.05) is 42.3 Å². The van der Waals surface area contributed by atoms with E-state index in [0.29, 0.717) is 5.56 Å². The highest BCUT2D eigenvalue weighted by Gasteiger charge is 2.31. The highest BCUT2D eigenvalue weighted by atomic mass is 16.5. The Kier molecular flexibility index (Phi) is 4.51. The van der Waals surface area contributed by atoms with E-state index in [0.717, 1.165) is 35.3 Å². The molecule has 2 N–H and O–H groups in total. The quantitative estimate of drug-likeness (QED) is 0.886. The first kappa shape index (κ1) is 16.8. The second-order valence-electron chi connectivity index (χ2n) is 6.58. The van der Waals surface area contributed by atoms with Gasteiger partial charge in [-0.25, -0.2) is 0 Å². The fourth-order valence-electron chi connectivity index (χ4n) is 3.62. The Morgan fingerprint density at radius 2 is 2.17 bits per heavy atom. The largest absolute Gasteiger partial charge is 0.497 e. The van der Waals surface area contributed by atoms with E-state index in [-0.39, 0.29) is 24.6 Å². The van der Waals surface area contributed by atoms with Crippen molar-refractivity contribution in [3.8, 4) is 5.75 Å². The Bertz CT molecular complexity index is 768. The molecule has 1 aliphatic heterocycles. The monoisotopic (exact) mass is 331 g/mol. The van der Waals surface area contributed by atoms with Crippen molar-refractivity contribution in [3.63, 3.8) is 0 Å². The van der Waals surface area contributed by atoms with E-state index < -0.39 is 0 Å². The molecule has 0 spiro atoms. The number of aliphatic hydroxyl groups excluding tert-OH is 1. The number of aryl methyl sites for hydroxylation is 1. The number of rotatable bonds is 4. The lowest BCUT2D eigenvalue weighted by Crippen LogP contribution is -2.36. The number of fused-ring (bicyclic) bond motifs is 1. The normalized spacial score (nSPS) is 21.4. The van der Waals surface area contributed by atoms with E-state index in [1.807, 2.05) is 43.8 Å². The molecule has 3 rings (SSSR count). The first-order chi connectivity index (χ1) is 11.5. The third-order valence-electron chi connectivity index (χ3n) is 5.16. The minimum absolute atomic E-state index is 0.0555. The van der Waals surface area contributed by atoms with Crippen LogP contribution in [0, 0.1) is 6.92 Å². The molecule has 1 fully saturated rings. The van der Waals surface area contributed by atoms with Crippen LogP contribution in [0.25, 0.3) is 10.9 Å². The van der Waals surface area contributed by atoms with E-state index >= 15 is 0 Å². The number of carbonyl (C=O) groups excluding carboxylic acids is 1. The Labute approximate surface area is 142 Å². The van der Waals surface area contributed by atoms with Crippen LogP contribution < -0.4 is 10.1 Å². The number of ether oxygens (including phenoxy) is 1. The van der Waals surface area contributed by atoms with Crippen LogP contribution in [0.3, 0.4) is 0 Å². The van der Waals surface area contributed by atoms with Crippen LogP contribution in [0.15, 0.2) is 18.2 Å². The summed E-state index contributed by atoms with van der Waals surface area (Å²) in [5.41, 5.74) is 2.64. The summed E-state index contributed by atoms with van der Waals surface area (Å²) in [6, 6.07) is 5.96. The lowest BCUT2D eigenvalue weighted by Gasteiger charge is -2.15. The molecule has 2 atom stereocenters. The number of carbonyl (C=O) groups is 1. The molecule has 6 nitrogen and oxygen atoms in total. The number of benzene rings is 1. The zero-order valence-corrected chi connectivity index (χ0v) is 14.7. The van der Waals surface area contributed by atoms with Gasteiger partial charge in [-0.15, -0.1) is 0 Å². The van der Waals surface area contributed by atoms with Gasteiger partial charge in [-0.2, -0.15) is 0 Å². The van der Waals surface area contributed by atoms with Gasteiger partial charge in [0.1, 0.15) is 5.75 Å². The van der Waals surface area contributed by atoms with Crippen molar-refractivity contribution in [2.24, 2.45) is 7.05 Å². The smallest absolute Gasteiger partial charge is 0.253 e. The summed E-state index contributed by atoms with van der Waals surface area (Å²) in [6.07, 6.45) is 0.770. The van der Waals surface area contributed by atoms with Crippen molar-refractivity contribution in [3.05, 3.63) is 29.5 Å². The zero-order valence-electron chi connectivity index (χ0n) is 14.7. The lowest BCUT2D eigenvalue weighted by molar-refractivity contribution is 0.0939. The topological polar surface area (TPSA) is 66.7 Å². The maximum absolute atomic E-state index is 12.9. The summed E-state index contributed by atoms with van der Waals surface area (Å²) >= 11 is 0. The molecule has 1 aromatic heterocycles. The molecule has 1 saturated heterocycles. The number of hydrogen-bond acceptors (Lipinski definition) is 4. The van der Waals surface area contributed by atoms with Gasteiger partial charge in [0.25, 0.3) is 5.91 Å². The SMILES string of the molecule is COc1ccc2c(c1)c(C(=O)N[C@@H]1C[C@@H](CO)N(C)C1)c(C)n2C. The molecule has 0 aliphatic carbocycles. The summed E-state index contributed by atoms with van der Waals surface area (Å²) in [7, 11) is 5.56. The second kappa shape index (κ2) is 6.45. The number of amides is 1. The predicted molar refractivity (Wildman–Crippen MR) is 93.6 cm³/mol. The first-order valence-corrected chi connectivity index (χ1v) is 8.21. The minimum Gasteiger partial charge on any atom is -0.497 e. The van der Waals surface area contributed by atoms with E-state index in [4.69, 9.17) is 4.74 Å². The molecule has 1 aliphatic rings. The second-order valence-corrected chi connectivity index (χ2v) is 6.58. The van der Waals surface area contributed by atoms with Crippen LogP contribution >= 0.6 is 0 Å². The number of nitrogens with zero attached hydrogens (tertiary/aromatic N) is 2. The van der Waals surface area contributed by atoms with Gasteiger partial charge in [0.2, 0.25) is 0 Å². The summed E-state index contributed by atoms with van der Waals surface area (Å²) < 4.78 is 7.34. The molecule has 0 saturated carbocycles. The zero-order chi connectivity index (χ0) is 17.4. The molecular weight excluding hydrogens is 306 g/mol. The van der Waals surface area contributed by atoms with Gasteiger partial charge in [-0.05, 0) is 38.6 Å². The van der Waals surface area contributed by atoms with Crippen LogP contribution in [-0.2, 0) is 7.05 Å². The number of likely N-dealkylation sites (N-methyl/N-ethyl adjacent to an activating group) is 1. The van der Waals surface area contributed by atoms with E-state index in [9.17, 15) is 9.90 Å². The molecule has 0 bridgehead atoms. The highest BCUT2D eigenvalue weighted by Crippen LogP contribution is 2.29. The standard InChI is InChI=1S/C18H25N3O3/c1-11-17(15-8-14(24-4)5-6-16(15)21(11)3)18(23)19-12-7-13(10-22)20(2)9-12/h5-6,8,12-13,22H,7,9-10H2,1-4H3,(H,19,23)/t12-,13+/m1/s1. The maximum Gasteiger partial charge on any atom is 0.253 e. The molecule has 0 radical (unpaired) electrons. The lowest BCUT2D eigenvalue weighted by atomic mass is 10.1. The van der Waals surface area contributed by atoms with E-state index in [1.54, 1.807) is 7.11 Å². The fraction of sp³-hybridized carbons (Fsp3) is 0.500. The van der Waals surface area contributed by atoms with Gasteiger partial charge in [0.05, 0.1) is 19.3 Å². The van der Waals surface area contributed by atoms with Crippen molar-refractivity contribution < 1.29 is 14.6 Å². The Morgan fingerprint density at radius 3 is 2.79 bits per heavy atom. The third-order valence-corrected chi connectivity index (χ3v) is 5.16. The van der Waals surface area contributed by atoms with Gasteiger partial charge < -0.3 is 19.7 Å². The van der Waals surface area contributed by atoms with Crippen LogP contribution in [-0.4, -0.2) is 59.9 Å². The summed E-state index contributed by atoms with van der Waals surface area (Å²) in [4.78, 5) is 15.0. The van der Waals surface area contributed by atoms with Gasteiger partial charge in [0.15, 0.2) is 0 Å². The average molecular weight is 331 g/mol. The number of hydrogen-bond donors (Lipinski definition) is 2. The van der Waals surface area contributed by atoms with Crippen molar-refractivity contribution in [1.82, 2.24) is 14.8 Å². The van der Waals surface area contributed by atoms with Crippen LogP contribution in [0.4, 0.5) is 0 Å². The van der Waals surface area contributed by atoms with E-state index in [2.05, 4.69) is 10.2 Å². The predicted octanol–water partition coefficient (Wildman–Crippen LogP) is 1.29. The Morgan fingerprint density at radius 1 is 1.42 bits per heavy atom. The molecule has 6 heteroatoms. The average Bonchev–Trinajstić information content (AvgIpc) is 3.04. The van der Waals surface area contributed by atoms with Crippen LogP contribution in [0.5, 0.6) is 5.75 Å². The molecule has 130 valence electrons. The summed E-state index contributed by atoms with van der Waals surface area (Å²) in [5.74, 6) is 0.673. The number of aromatic nitrogens is 1. The van der Waals surface area contributed by atoms with Crippen LogP contribution in [0.1, 0.15) is 22.5 Å². The van der Waals surface area contributed by atoms with Crippen molar-refractivity contribution in [2.75, 3.05) is 27.3 Å². The molecule has 0 unspecified atom stereocenters. The highest BCUT2D eigenvalue weighted by molar-refractivity contribution is 6.08. The summed E-state index contributed by atoms with van der Waals surface area (Å²) in [6.45, 7) is 2.83. The summed E-state index contributed by atoms with van der Waals surface area (Å²) in [5, 5.41) is 13.4. The Balaban J connectivity index is 1.91. The molecule has 1 aromatic carbocycles. The third kappa shape index (κ3) is 2.76. The number of likely N-dealkylation sites (tertiary alicyclic amines) is 1. The Hall–Kier alpha value is -2.05. The number of nitrogens with one attached hydrogen (secondary N) is 1. The van der Waals surface area contributed by atoms with Crippen LogP contribution in [0.2, 0.25) is 0 Å². The molecule has 2 aromatic rings. The molecule has 2 heterocycles. The molecule has 1 amide bonds. The van der Waals surface area contributed by atoms with Gasteiger partial charge in [-0.3, -0.25) is 9.69 Å². The van der Waals surface area contributed by atoms with Crippen molar-refractivity contribution >= 4 is 16.8 Å². The van der Waals surface area contributed by atoms with Crippen molar-refractivity contribution in [1.29, 1.82) is 0 Å². The first-order valence-electron chi connectivity index (χ1n) is 8.21. The van der Waals surface area contributed by atoms with Gasteiger partial charge in [-0.1, -0.05) is 0 Å². The fourth-order valence-corrected chi connectivity index (χ4v) is 3.62. The number of methoxy groups -OCH3 is 1. The minimum atomic E-state index is -0.0663.